The fourth-order valence-corrected chi connectivity index (χ4v) is 4.26. The Morgan fingerprint density at radius 2 is 1.67 bits per heavy atom. The molecular weight excluding hydrogens is 306 g/mol. The molecule has 0 spiro atoms. The molecule has 0 amide bonds. The first-order valence-corrected chi connectivity index (χ1v) is 9.68. The van der Waals surface area contributed by atoms with Crippen LogP contribution in [0.5, 0.6) is 0 Å². The van der Waals surface area contributed by atoms with Gasteiger partial charge in [0.1, 0.15) is 0 Å². The molecule has 0 bridgehead atoms. The molecule has 0 N–H and O–H groups in total. The first-order valence-electron chi connectivity index (χ1n) is 7.54. The normalized spacial score (nSPS) is 12.3. The topological polar surface area (TPSA) is 37.4 Å². The molecule has 0 saturated heterocycles. The SMILES string of the molecule is CCCCCN(C(C)C)S(=O)(=O)Cc1ccc(CCl)cc1. The molecule has 0 saturated carbocycles. The molecule has 0 aromatic heterocycles. The maximum Gasteiger partial charge on any atom is 0.218 e. The van der Waals surface area contributed by atoms with Crippen LogP contribution in [-0.2, 0) is 21.7 Å². The molecule has 3 nitrogen and oxygen atoms in total. The van der Waals surface area contributed by atoms with Crippen molar-refractivity contribution in [2.75, 3.05) is 6.54 Å². The predicted octanol–water partition coefficient (Wildman–Crippen LogP) is 4.16. The molecule has 0 radical (unpaired) electrons. The van der Waals surface area contributed by atoms with E-state index in [4.69, 9.17) is 11.6 Å². The second-order valence-corrected chi connectivity index (χ2v) is 7.81. The van der Waals surface area contributed by atoms with Gasteiger partial charge in [-0.25, -0.2) is 8.42 Å². The maximum absolute atomic E-state index is 12.6. The number of alkyl halides is 1. The Labute approximate surface area is 134 Å². The molecule has 0 aliphatic carbocycles. The molecular formula is C16H26ClNO2S. The van der Waals surface area contributed by atoms with E-state index >= 15 is 0 Å². The first-order chi connectivity index (χ1) is 9.90. The minimum atomic E-state index is -3.27. The van der Waals surface area contributed by atoms with Crippen LogP contribution in [-0.4, -0.2) is 25.3 Å². The molecule has 0 atom stereocenters. The van der Waals surface area contributed by atoms with Crippen molar-refractivity contribution in [3.8, 4) is 0 Å². The third kappa shape index (κ3) is 5.97. The van der Waals surface area contributed by atoms with E-state index in [0.29, 0.717) is 12.4 Å². The average molecular weight is 332 g/mol. The van der Waals surface area contributed by atoms with Crippen LogP contribution < -0.4 is 0 Å². The zero-order valence-corrected chi connectivity index (χ0v) is 14.8. The van der Waals surface area contributed by atoms with Gasteiger partial charge in [-0.2, -0.15) is 4.31 Å². The summed E-state index contributed by atoms with van der Waals surface area (Å²) in [5.74, 6) is 0.502. The molecule has 1 rings (SSSR count). The van der Waals surface area contributed by atoms with Crippen LogP contribution in [0.4, 0.5) is 0 Å². The standard InChI is InChI=1S/C16H26ClNO2S/c1-4-5-6-11-18(14(2)3)21(19,20)13-16-9-7-15(12-17)8-10-16/h7-10,14H,4-6,11-13H2,1-3H3. The monoisotopic (exact) mass is 331 g/mol. The van der Waals surface area contributed by atoms with E-state index in [1.54, 1.807) is 4.31 Å². The highest BCUT2D eigenvalue weighted by Gasteiger charge is 2.24. The molecule has 120 valence electrons. The van der Waals surface area contributed by atoms with Gasteiger partial charge >= 0.3 is 0 Å². The van der Waals surface area contributed by atoms with Crippen LogP contribution in [0.3, 0.4) is 0 Å². The molecule has 1 aromatic carbocycles. The zero-order valence-electron chi connectivity index (χ0n) is 13.2. The highest BCUT2D eigenvalue weighted by molar-refractivity contribution is 7.88. The lowest BCUT2D eigenvalue weighted by molar-refractivity contribution is 0.345. The van der Waals surface area contributed by atoms with Crippen molar-refractivity contribution in [1.29, 1.82) is 0 Å². The second-order valence-electron chi connectivity index (χ2n) is 5.62. The van der Waals surface area contributed by atoms with E-state index in [0.717, 1.165) is 30.4 Å². The fourth-order valence-electron chi connectivity index (χ4n) is 2.25. The van der Waals surface area contributed by atoms with Gasteiger partial charge in [-0.3, -0.25) is 0 Å². The van der Waals surface area contributed by atoms with Crippen molar-refractivity contribution in [3.05, 3.63) is 35.4 Å². The Balaban J connectivity index is 2.79. The predicted molar refractivity (Wildman–Crippen MR) is 90.0 cm³/mol. The summed E-state index contributed by atoms with van der Waals surface area (Å²) in [6.07, 6.45) is 3.06. The summed E-state index contributed by atoms with van der Waals surface area (Å²) < 4.78 is 26.8. The smallest absolute Gasteiger partial charge is 0.212 e. The Morgan fingerprint density at radius 1 is 1.10 bits per heavy atom. The molecule has 0 unspecified atom stereocenters. The number of sulfonamides is 1. The molecule has 1 aromatic rings. The lowest BCUT2D eigenvalue weighted by atomic mass is 10.2. The highest BCUT2D eigenvalue weighted by atomic mass is 35.5. The summed E-state index contributed by atoms with van der Waals surface area (Å²) >= 11 is 5.75. The average Bonchev–Trinajstić information content (AvgIpc) is 2.43. The Hall–Kier alpha value is -0.580. The van der Waals surface area contributed by atoms with Gasteiger partial charge in [-0.05, 0) is 31.4 Å². The lowest BCUT2D eigenvalue weighted by Gasteiger charge is -2.26. The van der Waals surface area contributed by atoms with Gasteiger partial charge in [0.25, 0.3) is 0 Å². The van der Waals surface area contributed by atoms with E-state index < -0.39 is 10.0 Å². The van der Waals surface area contributed by atoms with Gasteiger partial charge in [0, 0.05) is 18.5 Å². The number of hydrogen-bond acceptors (Lipinski definition) is 2. The number of unbranched alkanes of at least 4 members (excludes halogenated alkanes) is 2. The Bertz CT molecular complexity index is 512. The van der Waals surface area contributed by atoms with Gasteiger partial charge in [-0.15, -0.1) is 11.6 Å². The van der Waals surface area contributed by atoms with Crippen molar-refractivity contribution in [3.63, 3.8) is 0 Å². The molecule has 5 heteroatoms. The summed E-state index contributed by atoms with van der Waals surface area (Å²) in [7, 11) is -3.27. The quantitative estimate of drug-likeness (QED) is 0.503. The van der Waals surface area contributed by atoms with E-state index in [1.165, 1.54) is 0 Å². The van der Waals surface area contributed by atoms with Crippen LogP contribution in [0.1, 0.15) is 51.2 Å². The fraction of sp³-hybridized carbons (Fsp3) is 0.625. The van der Waals surface area contributed by atoms with Crippen molar-refractivity contribution in [2.24, 2.45) is 0 Å². The Kier molecular flexibility index (Phi) is 7.71. The molecule has 0 fully saturated rings. The third-order valence-electron chi connectivity index (χ3n) is 3.44. The largest absolute Gasteiger partial charge is 0.218 e. The minimum absolute atomic E-state index is 0.00558. The second kappa shape index (κ2) is 8.76. The molecule has 21 heavy (non-hydrogen) atoms. The van der Waals surface area contributed by atoms with Crippen molar-refractivity contribution in [2.45, 2.75) is 57.7 Å². The summed E-state index contributed by atoms with van der Waals surface area (Å²) in [5.41, 5.74) is 1.81. The summed E-state index contributed by atoms with van der Waals surface area (Å²) in [6.45, 7) is 6.58. The van der Waals surface area contributed by atoms with Crippen LogP contribution in [0.15, 0.2) is 24.3 Å². The zero-order chi connectivity index (χ0) is 15.9. The Morgan fingerprint density at radius 3 is 2.14 bits per heavy atom. The van der Waals surface area contributed by atoms with Crippen molar-refractivity contribution in [1.82, 2.24) is 4.31 Å². The van der Waals surface area contributed by atoms with Gasteiger partial charge in [0.15, 0.2) is 0 Å². The summed E-state index contributed by atoms with van der Waals surface area (Å²) in [6, 6.07) is 7.46. The minimum Gasteiger partial charge on any atom is -0.212 e. The molecule has 0 heterocycles. The number of rotatable bonds is 9. The van der Waals surface area contributed by atoms with Gasteiger partial charge in [-0.1, -0.05) is 44.0 Å². The van der Waals surface area contributed by atoms with E-state index in [1.807, 2.05) is 38.1 Å². The van der Waals surface area contributed by atoms with E-state index in [9.17, 15) is 8.42 Å². The van der Waals surface area contributed by atoms with Crippen LogP contribution >= 0.6 is 11.6 Å². The van der Waals surface area contributed by atoms with Gasteiger partial charge in [0.2, 0.25) is 10.0 Å². The number of nitrogens with zero attached hydrogens (tertiary/aromatic N) is 1. The van der Waals surface area contributed by atoms with Crippen molar-refractivity contribution < 1.29 is 8.42 Å². The van der Waals surface area contributed by atoms with Crippen LogP contribution in [0.2, 0.25) is 0 Å². The number of halogens is 1. The molecule has 0 aliphatic rings. The van der Waals surface area contributed by atoms with Crippen molar-refractivity contribution >= 4 is 21.6 Å². The summed E-state index contributed by atoms with van der Waals surface area (Å²) in [4.78, 5) is 0. The van der Waals surface area contributed by atoms with E-state index in [-0.39, 0.29) is 11.8 Å². The van der Waals surface area contributed by atoms with Crippen LogP contribution in [0.25, 0.3) is 0 Å². The number of benzene rings is 1. The highest BCUT2D eigenvalue weighted by Crippen LogP contribution is 2.16. The van der Waals surface area contributed by atoms with Gasteiger partial charge < -0.3 is 0 Å². The lowest BCUT2D eigenvalue weighted by Crippen LogP contribution is -2.38. The summed E-state index contributed by atoms with van der Waals surface area (Å²) in [5, 5.41) is 0. The third-order valence-corrected chi connectivity index (χ3v) is 5.77. The molecule has 0 aliphatic heterocycles. The number of hydrogen-bond donors (Lipinski definition) is 0. The maximum atomic E-state index is 12.6. The first kappa shape index (κ1) is 18.5. The van der Waals surface area contributed by atoms with E-state index in [2.05, 4.69) is 6.92 Å². The van der Waals surface area contributed by atoms with Crippen LogP contribution in [0, 0.1) is 0 Å². The van der Waals surface area contributed by atoms with Gasteiger partial charge in [0.05, 0.1) is 5.75 Å².